The Hall–Kier alpha value is -1.69. The number of nitrogens with two attached hydrogens (primary N) is 1. The first kappa shape index (κ1) is 8.89. The van der Waals surface area contributed by atoms with E-state index in [9.17, 15) is 0 Å². The van der Waals surface area contributed by atoms with Crippen LogP contribution in [0.15, 0.2) is 24.0 Å². The Morgan fingerprint density at radius 3 is 2.86 bits per heavy atom. The van der Waals surface area contributed by atoms with Gasteiger partial charge in [0.2, 0.25) is 0 Å². The number of thiazole rings is 1. The molecule has 2 aromatic rings. The Bertz CT molecular complexity index is 383. The minimum absolute atomic E-state index is 0.421. The lowest BCUT2D eigenvalue weighted by Gasteiger charge is -2.01. The van der Waals surface area contributed by atoms with Crippen molar-refractivity contribution in [2.24, 2.45) is 0 Å². The highest BCUT2D eigenvalue weighted by Gasteiger charge is 1.96. The maximum absolute atomic E-state index is 5.41. The van der Waals surface area contributed by atoms with E-state index in [1.54, 1.807) is 23.7 Å². The highest BCUT2D eigenvalue weighted by molar-refractivity contribution is 7.09. The minimum atomic E-state index is 0.421. The van der Waals surface area contributed by atoms with E-state index < -0.39 is 0 Å². The number of rotatable bonds is 3. The molecule has 2 aromatic heterocycles. The molecule has 0 aliphatic heterocycles. The van der Waals surface area contributed by atoms with Gasteiger partial charge in [0, 0.05) is 11.6 Å². The van der Waals surface area contributed by atoms with Crippen molar-refractivity contribution in [3.05, 3.63) is 29.0 Å². The third kappa shape index (κ3) is 2.17. The summed E-state index contributed by atoms with van der Waals surface area (Å²) in [4.78, 5) is 12.1. The predicted octanol–water partition coefficient (Wildman–Crippen LogP) is 1.13. The molecule has 72 valence electrons. The molecule has 3 N–H and O–H groups in total. The number of hydrogen-bond acceptors (Lipinski definition) is 6. The summed E-state index contributed by atoms with van der Waals surface area (Å²) in [5, 5.41) is 6.05. The zero-order valence-electron chi connectivity index (χ0n) is 7.34. The van der Waals surface area contributed by atoms with Gasteiger partial charge in [-0.25, -0.2) is 15.0 Å². The number of nitrogen functional groups attached to an aromatic ring is 1. The fourth-order valence-electron chi connectivity index (χ4n) is 0.936. The first-order chi connectivity index (χ1) is 6.84. The van der Waals surface area contributed by atoms with E-state index in [1.165, 1.54) is 6.20 Å². The molecule has 0 saturated carbocycles. The van der Waals surface area contributed by atoms with Crippen molar-refractivity contribution in [1.29, 1.82) is 0 Å². The zero-order chi connectivity index (χ0) is 9.80. The fraction of sp³-hybridized carbons (Fsp3) is 0.125. The van der Waals surface area contributed by atoms with Gasteiger partial charge in [0.05, 0.1) is 18.9 Å². The predicted molar refractivity (Wildman–Crippen MR) is 55.9 cm³/mol. The van der Waals surface area contributed by atoms with Crippen LogP contribution in [-0.2, 0) is 6.54 Å². The summed E-state index contributed by atoms with van der Waals surface area (Å²) < 4.78 is 0. The molecular formula is C8H9N5S. The van der Waals surface area contributed by atoms with E-state index in [-0.39, 0.29) is 0 Å². The molecule has 6 heteroatoms. The second-order valence-electron chi connectivity index (χ2n) is 2.61. The molecule has 0 fully saturated rings. The van der Waals surface area contributed by atoms with Gasteiger partial charge in [0.25, 0.3) is 0 Å². The van der Waals surface area contributed by atoms with E-state index in [2.05, 4.69) is 20.3 Å². The number of nitrogens with one attached hydrogen (secondary N) is 1. The molecule has 14 heavy (non-hydrogen) atoms. The van der Waals surface area contributed by atoms with Crippen LogP contribution in [-0.4, -0.2) is 15.0 Å². The lowest BCUT2D eigenvalue weighted by atomic mass is 10.6. The number of aromatic nitrogens is 3. The Kier molecular flexibility index (Phi) is 2.55. The van der Waals surface area contributed by atoms with Crippen molar-refractivity contribution >= 4 is 23.0 Å². The van der Waals surface area contributed by atoms with E-state index in [4.69, 9.17) is 5.73 Å². The molecule has 0 bridgehead atoms. The summed E-state index contributed by atoms with van der Waals surface area (Å²) in [5.41, 5.74) is 5.41. The minimum Gasteiger partial charge on any atom is -0.382 e. The van der Waals surface area contributed by atoms with Crippen LogP contribution in [0, 0.1) is 0 Å². The van der Waals surface area contributed by atoms with Gasteiger partial charge in [-0.3, -0.25) is 0 Å². The molecule has 5 nitrogen and oxygen atoms in total. The molecule has 0 amide bonds. The van der Waals surface area contributed by atoms with Gasteiger partial charge in [-0.15, -0.1) is 11.3 Å². The standard InChI is InChI=1S/C8H9N5S/c9-6-3-12-7(4-11-6)13-5-8-10-1-2-14-8/h1-4H,5H2,(H2,9,11)(H,12,13). The van der Waals surface area contributed by atoms with Crippen molar-refractivity contribution in [2.75, 3.05) is 11.1 Å². The van der Waals surface area contributed by atoms with E-state index in [0.717, 1.165) is 5.01 Å². The molecule has 0 aliphatic carbocycles. The van der Waals surface area contributed by atoms with Crippen LogP contribution < -0.4 is 11.1 Å². The van der Waals surface area contributed by atoms with E-state index >= 15 is 0 Å². The van der Waals surface area contributed by atoms with Crippen LogP contribution >= 0.6 is 11.3 Å². The summed E-state index contributed by atoms with van der Waals surface area (Å²) in [6.07, 6.45) is 4.89. The van der Waals surface area contributed by atoms with Crippen LogP contribution in [0.25, 0.3) is 0 Å². The number of hydrogen-bond donors (Lipinski definition) is 2. The maximum atomic E-state index is 5.41. The molecule has 0 saturated heterocycles. The average molecular weight is 207 g/mol. The lowest BCUT2D eigenvalue weighted by molar-refractivity contribution is 1.06. The molecular weight excluding hydrogens is 198 g/mol. The van der Waals surface area contributed by atoms with Crippen molar-refractivity contribution < 1.29 is 0 Å². The Labute approximate surface area is 85.0 Å². The van der Waals surface area contributed by atoms with Gasteiger partial charge in [0.1, 0.15) is 16.6 Å². The third-order valence-electron chi connectivity index (χ3n) is 1.58. The molecule has 0 radical (unpaired) electrons. The molecule has 0 unspecified atom stereocenters. The average Bonchev–Trinajstić information content (AvgIpc) is 2.70. The number of nitrogens with zero attached hydrogens (tertiary/aromatic N) is 3. The molecule has 0 spiro atoms. The van der Waals surface area contributed by atoms with E-state index in [1.807, 2.05) is 5.38 Å². The summed E-state index contributed by atoms with van der Waals surface area (Å²) in [7, 11) is 0. The second-order valence-corrected chi connectivity index (χ2v) is 3.59. The van der Waals surface area contributed by atoms with Crippen molar-refractivity contribution in [3.63, 3.8) is 0 Å². The third-order valence-corrected chi connectivity index (χ3v) is 2.36. The normalized spacial score (nSPS) is 10.0. The van der Waals surface area contributed by atoms with Crippen molar-refractivity contribution in [3.8, 4) is 0 Å². The topological polar surface area (TPSA) is 76.7 Å². The van der Waals surface area contributed by atoms with E-state index in [0.29, 0.717) is 18.2 Å². The SMILES string of the molecule is Nc1cnc(NCc2nccs2)cn1. The highest BCUT2D eigenvalue weighted by Crippen LogP contribution is 2.07. The summed E-state index contributed by atoms with van der Waals surface area (Å²) >= 11 is 1.60. The fourth-order valence-corrected chi connectivity index (χ4v) is 1.49. The number of anilines is 2. The molecule has 0 aliphatic rings. The molecule has 2 heterocycles. The van der Waals surface area contributed by atoms with Gasteiger partial charge < -0.3 is 11.1 Å². The summed E-state index contributed by atoms with van der Waals surface area (Å²) in [6, 6.07) is 0. The van der Waals surface area contributed by atoms with Gasteiger partial charge >= 0.3 is 0 Å². The molecule has 0 atom stereocenters. The van der Waals surface area contributed by atoms with Crippen LogP contribution in [0.3, 0.4) is 0 Å². The van der Waals surface area contributed by atoms with Crippen LogP contribution in [0.4, 0.5) is 11.6 Å². The van der Waals surface area contributed by atoms with Crippen molar-refractivity contribution in [2.45, 2.75) is 6.54 Å². The van der Waals surface area contributed by atoms with Crippen molar-refractivity contribution in [1.82, 2.24) is 15.0 Å². The van der Waals surface area contributed by atoms with Gasteiger partial charge in [-0.05, 0) is 0 Å². The summed E-state index contributed by atoms with van der Waals surface area (Å²) in [6.45, 7) is 0.663. The summed E-state index contributed by atoms with van der Waals surface area (Å²) in [5.74, 6) is 1.12. The van der Waals surface area contributed by atoms with Gasteiger partial charge in [0.15, 0.2) is 0 Å². The Balaban J connectivity index is 1.95. The largest absolute Gasteiger partial charge is 0.382 e. The second kappa shape index (κ2) is 4.01. The zero-order valence-corrected chi connectivity index (χ0v) is 8.16. The quantitative estimate of drug-likeness (QED) is 0.788. The first-order valence-electron chi connectivity index (χ1n) is 4.04. The lowest BCUT2D eigenvalue weighted by Crippen LogP contribution is -2.02. The van der Waals surface area contributed by atoms with Crippen LogP contribution in [0.5, 0.6) is 0 Å². The molecule has 2 rings (SSSR count). The van der Waals surface area contributed by atoms with Gasteiger partial charge in [-0.2, -0.15) is 0 Å². The van der Waals surface area contributed by atoms with Crippen LogP contribution in [0.1, 0.15) is 5.01 Å². The Morgan fingerprint density at radius 2 is 2.21 bits per heavy atom. The van der Waals surface area contributed by atoms with Crippen LogP contribution in [0.2, 0.25) is 0 Å². The first-order valence-corrected chi connectivity index (χ1v) is 4.92. The Morgan fingerprint density at radius 1 is 1.29 bits per heavy atom. The highest BCUT2D eigenvalue weighted by atomic mass is 32.1. The maximum Gasteiger partial charge on any atom is 0.144 e. The molecule has 0 aromatic carbocycles. The monoisotopic (exact) mass is 207 g/mol. The van der Waals surface area contributed by atoms with Gasteiger partial charge in [-0.1, -0.05) is 0 Å². The smallest absolute Gasteiger partial charge is 0.144 e.